The quantitative estimate of drug-likeness (QED) is 0.672. The van der Waals surface area contributed by atoms with Crippen molar-refractivity contribution in [1.82, 2.24) is 0 Å². The Morgan fingerprint density at radius 1 is 1.20 bits per heavy atom. The van der Waals surface area contributed by atoms with Gasteiger partial charge in [-0.2, -0.15) is 0 Å². The summed E-state index contributed by atoms with van der Waals surface area (Å²) in [4.78, 5) is 0. The highest BCUT2D eigenvalue weighted by atomic mass is 14.9. The van der Waals surface area contributed by atoms with Crippen LogP contribution in [0.3, 0.4) is 0 Å². The second-order valence-corrected chi connectivity index (χ2v) is 4.61. The molecular weight excluding hydrogens is 182 g/mol. The normalized spacial score (nSPS) is 16.9. The van der Waals surface area contributed by atoms with Crippen molar-refractivity contribution >= 4 is 5.69 Å². The van der Waals surface area contributed by atoms with E-state index in [-0.39, 0.29) is 0 Å². The smallest absolute Gasteiger partial charge is 0.0380 e. The van der Waals surface area contributed by atoms with Crippen LogP contribution in [0.2, 0.25) is 0 Å². The third-order valence-corrected chi connectivity index (χ3v) is 2.97. The zero-order valence-electron chi connectivity index (χ0n) is 10.6. The van der Waals surface area contributed by atoms with Crippen molar-refractivity contribution < 1.29 is 0 Å². The Hall–Kier alpha value is -0.980. The Labute approximate surface area is 93.9 Å². The fraction of sp³-hybridized carbons (Fsp3) is 0.571. The maximum Gasteiger partial charge on any atom is 0.0380 e. The molecule has 0 bridgehead atoms. The summed E-state index contributed by atoms with van der Waals surface area (Å²) in [6.45, 7) is 11.9. The molecule has 2 rings (SSSR count). The highest BCUT2D eigenvalue weighted by Gasteiger charge is 2.26. The lowest BCUT2D eigenvalue weighted by Gasteiger charge is -2.33. The van der Waals surface area contributed by atoms with Crippen molar-refractivity contribution in [1.29, 1.82) is 0 Å². The Morgan fingerprint density at radius 3 is 2.53 bits per heavy atom. The topological polar surface area (TPSA) is 12.0 Å². The molecular formula is C14H23N. The molecule has 84 valence electrons. The van der Waals surface area contributed by atoms with Crippen molar-refractivity contribution in [3.8, 4) is 0 Å². The molecule has 15 heavy (non-hydrogen) atoms. The molecule has 1 aliphatic rings. The molecule has 1 heterocycles. The average Bonchev–Trinajstić information content (AvgIpc) is 2.19. The van der Waals surface area contributed by atoms with Crippen molar-refractivity contribution in [3.05, 3.63) is 29.3 Å². The van der Waals surface area contributed by atoms with Crippen LogP contribution in [0.5, 0.6) is 0 Å². The SMILES string of the molecule is CC.Cc1ccc2c(c1)NCCC2(C)C. The van der Waals surface area contributed by atoms with E-state index in [0.717, 1.165) is 6.54 Å². The first kappa shape index (κ1) is 12.1. The Kier molecular flexibility index (Phi) is 3.78. The van der Waals surface area contributed by atoms with E-state index >= 15 is 0 Å². The summed E-state index contributed by atoms with van der Waals surface area (Å²) < 4.78 is 0. The molecule has 0 saturated heterocycles. The van der Waals surface area contributed by atoms with E-state index in [9.17, 15) is 0 Å². The summed E-state index contributed by atoms with van der Waals surface area (Å²) in [6, 6.07) is 6.71. The Morgan fingerprint density at radius 2 is 1.87 bits per heavy atom. The third-order valence-electron chi connectivity index (χ3n) is 2.97. The largest absolute Gasteiger partial charge is 0.385 e. The van der Waals surface area contributed by atoms with Gasteiger partial charge in [0.05, 0.1) is 0 Å². The lowest BCUT2D eigenvalue weighted by Crippen LogP contribution is -2.28. The number of aryl methyl sites for hydroxylation is 1. The molecule has 0 fully saturated rings. The molecule has 1 aromatic rings. The minimum atomic E-state index is 0.342. The number of rotatable bonds is 0. The molecule has 1 aliphatic heterocycles. The van der Waals surface area contributed by atoms with E-state index in [1.807, 2.05) is 13.8 Å². The maximum absolute atomic E-state index is 3.46. The van der Waals surface area contributed by atoms with E-state index in [1.165, 1.54) is 23.2 Å². The molecule has 1 aromatic carbocycles. The van der Waals surface area contributed by atoms with Crippen LogP contribution in [-0.4, -0.2) is 6.54 Å². The van der Waals surface area contributed by atoms with Crippen LogP contribution in [0.4, 0.5) is 5.69 Å². The minimum Gasteiger partial charge on any atom is -0.385 e. The summed E-state index contributed by atoms with van der Waals surface area (Å²) in [7, 11) is 0. The number of fused-ring (bicyclic) bond motifs is 1. The molecule has 0 aliphatic carbocycles. The zero-order chi connectivity index (χ0) is 11.5. The molecule has 0 saturated carbocycles. The number of anilines is 1. The van der Waals surface area contributed by atoms with Gasteiger partial charge in [-0.15, -0.1) is 0 Å². The van der Waals surface area contributed by atoms with Gasteiger partial charge in [0, 0.05) is 12.2 Å². The van der Waals surface area contributed by atoms with E-state index in [0.29, 0.717) is 5.41 Å². The van der Waals surface area contributed by atoms with Crippen LogP contribution in [0.1, 0.15) is 45.2 Å². The van der Waals surface area contributed by atoms with Crippen molar-refractivity contribution in [3.63, 3.8) is 0 Å². The van der Waals surface area contributed by atoms with Gasteiger partial charge in [-0.3, -0.25) is 0 Å². The summed E-state index contributed by atoms with van der Waals surface area (Å²) in [6.07, 6.45) is 1.23. The minimum absolute atomic E-state index is 0.342. The molecule has 1 heteroatoms. The molecule has 1 N–H and O–H groups in total. The molecule has 0 unspecified atom stereocenters. The van der Waals surface area contributed by atoms with Gasteiger partial charge in [0.25, 0.3) is 0 Å². The number of hydrogen-bond donors (Lipinski definition) is 1. The Balaban J connectivity index is 0.000000531. The summed E-state index contributed by atoms with van der Waals surface area (Å²) >= 11 is 0. The van der Waals surface area contributed by atoms with Gasteiger partial charge in [-0.25, -0.2) is 0 Å². The molecule has 0 atom stereocenters. The summed E-state index contributed by atoms with van der Waals surface area (Å²) in [5.41, 5.74) is 4.47. The van der Waals surface area contributed by atoms with Crippen LogP contribution < -0.4 is 5.32 Å². The lowest BCUT2D eigenvalue weighted by atomic mass is 9.78. The average molecular weight is 205 g/mol. The van der Waals surface area contributed by atoms with Crippen molar-refractivity contribution in [2.75, 3.05) is 11.9 Å². The van der Waals surface area contributed by atoms with Crippen molar-refractivity contribution in [2.24, 2.45) is 0 Å². The number of nitrogens with one attached hydrogen (secondary N) is 1. The van der Waals surface area contributed by atoms with Crippen molar-refractivity contribution in [2.45, 2.75) is 46.5 Å². The molecule has 0 radical (unpaired) electrons. The van der Waals surface area contributed by atoms with Gasteiger partial charge in [0.15, 0.2) is 0 Å². The van der Waals surface area contributed by atoms with Gasteiger partial charge < -0.3 is 5.32 Å². The Bertz CT molecular complexity index is 326. The number of hydrogen-bond acceptors (Lipinski definition) is 1. The maximum atomic E-state index is 3.46. The first-order valence-corrected chi connectivity index (χ1v) is 5.95. The lowest BCUT2D eigenvalue weighted by molar-refractivity contribution is 0.482. The van der Waals surface area contributed by atoms with Crippen LogP contribution in [0.15, 0.2) is 18.2 Å². The molecule has 0 amide bonds. The monoisotopic (exact) mass is 205 g/mol. The van der Waals surface area contributed by atoms with Crippen LogP contribution in [-0.2, 0) is 5.41 Å². The van der Waals surface area contributed by atoms with Gasteiger partial charge in [0.2, 0.25) is 0 Å². The predicted octanol–water partition coefficient (Wildman–Crippen LogP) is 4.11. The van der Waals surface area contributed by atoms with Gasteiger partial charge >= 0.3 is 0 Å². The van der Waals surface area contributed by atoms with Crippen LogP contribution in [0.25, 0.3) is 0 Å². The first-order chi connectivity index (χ1) is 7.09. The second kappa shape index (κ2) is 4.69. The fourth-order valence-corrected chi connectivity index (χ4v) is 2.04. The molecule has 0 spiro atoms. The summed E-state index contributed by atoms with van der Waals surface area (Å²) in [5, 5.41) is 3.46. The van der Waals surface area contributed by atoms with Crippen LogP contribution >= 0.6 is 0 Å². The van der Waals surface area contributed by atoms with E-state index < -0.39 is 0 Å². The zero-order valence-corrected chi connectivity index (χ0v) is 10.6. The highest BCUT2D eigenvalue weighted by Crippen LogP contribution is 2.36. The first-order valence-electron chi connectivity index (χ1n) is 5.95. The molecule has 0 aromatic heterocycles. The van der Waals surface area contributed by atoms with Gasteiger partial charge in [-0.05, 0) is 36.0 Å². The third kappa shape index (κ3) is 2.53. The van der Waals surface area contributed by atoms with E-state index in [2.05, 4.69) is 44.3 Å². The fourth-order valence-electron chi connectivity index (χ4n) is 2.04. The van der Waals surface area contributed by atoms with E-state index in [1.54, 1.807) is 0 Å². The second-order valence-electron chi connectivity index (χ2n) is 4.61. The molecule has 1 nitrogen and oxygen atoms in total. The van der Waals surface area contributed by atoms with Gasteiger partial charge in [-0.1, -0.05) is 39.8 Å². The highest BCUT2D eigenvalue weighted by molar-refractivity contribution is 5.57. The van der Waals surface area contributed by atoms with Gasteiger partial charge in [0.1, 0.15) is 0 Å². The van der Waals surface area contributed by atoms with Crippen LogP contribution in [0, 0.1) is 6.92 Å². The number of benzene rings is 1. The summed E-state index contributed by atoms with van der Waals surface area (Å²) in [5.74, 6) is 0. The predicted molar refractivity (Wildman–Crippen MR) is 68.7 cm³/mol. The standard InChI is InChI=1S/C12H17N.C2H6/c1-9-4-5-10-11(8-9)13-7-6-12(10,2)3;1-2/h4-5,8,13H,6-7H2,1-3H3;1-2H3. The van der Waals surface area contributed by atoms with E-state index in [4.69, 9.17) is 0 Å².